The van der Waals surface area contributed by atoms with Crippen LogP contribution in [0, 0.1) is 0 Å². The standard InChI is InChI=1S/C20H26N8OS2/c1-2-30-20-25-17(27-10-4-3-5-11-27)15-13-24-28(18(15)26-20)12-9-21-16(29)14-31-19-22-7-6-8-23-19/h6-8,13H,2-5,9-12,14H2,1H3,(H,21,29). The zero-order valence-electron chi connectivity index (χ0n) is 17.5. The molecule has 31 heavy (non-hydrogen) atoms. The van der Waals surface area contributed by atoms with E-state index < -0.39 is 0 Å². The van der Waals surface area contributed by atoms with E-state index in [2.05, 4.69) is 32.2 Å². The van der Waals surface area contributed by atoms with Gasteiger partial charge in [0.15, 0.2) is 16.0 Å². The van der Waals surface area contributed by atoms with E-state index in [-0.39, 0.29) is 11.7 Å². The van der Waals surface area contributed by atoms with Crippen LogP contribution < -0.4 is 10.2 Å². The van der Waals surface area contributed by atoms with Crippen molar-refractivity contribution in [2.24, 2.45) is 0 Å². The minimum absolute atomic E-state index is 0.0558. The first-order chi connectivity index (χ1) is 15.2. The fraction of sp³-hybridized carbons (Fsp3) is 0.500. The first-order valence-corrected chi connectivity index (χ1v) is 12.5. The Morgan fingerprint density at radius 1 is 1.10 bits per heavy atom. The molecule has 1 aliphatic rings. The van der Waals surface area contributed by atoms with Gasteiger partial charge in [0.2, 0.25) is 5.91 Å². The predicted molar refractivity (Wildman–Crippen MR) is 124 cm³/mol. The highest BCUT2D eigenvalue weighted by Gasteiger charge is 2.20. The number of rotatable bonds is 9. The molecule has 1 amide bonds. The second kappa shape index (κ2) is 10.8. The molecule has 0 saturated carbocycles. The second-order valence-corrected chi connectivity index (χ2v) is 9.26. The van der Waals surface area contributed by atoms with Gasteiger partial charge < -0.3 is 10.2 Å². The lowest BCUT2D eigenvalue weighted by atomic mass is 10.1. The molecule has 1 aliphatic heterocycles. The Morgan fingerprint density at radius 3 is 2.68 bits per heavy atom. The van der Waals surface area contributed by atoms with Gasteiger partial charge in [-0.25, -0.2) is 24.6 Å². The van der Waals surface area contributed by atoms with Gasteiger partial charge in [0.25, 0.3) is 0 Å². The van der Waals surface area contributed by atoms with Gasteiger partial charge in [-0.3, -0.25) is 4.79 Å². The van der Waals surface area contributed by atoms with Gasteiger partial charge in [0, 0.05) is 32.0 Å². The Morgan fingerprint density at radius 2 is 1.90 bits per heavy atom. The SMILES string of the molecule is CCSc1nc(N2CCCCC2)c2cnn(CCNC(=O)CSc3ncccn3)c2n1. The van der Waals surface area contributed by atoms with Crippen LogP contribution >= 0.6 is 23.5 Å². The molecule has 3 aromatic rings. The number of carbonyl (C=O) groups excluding carboxylic acids is 1. The van der Waals surface area contributed by atoms with Crippen molar-refractivity contribution >= 4 is 46.3 Å². The number of aromatic nitrogens is 6. The number of hydrogen-bond donors (Lipinski definition) is 1. The lowest BCUT2D eigenvalue weighted by molar-refractivity contribution is -0.118. The number of nitrogens with zero attached hydrogens (tertiary/aromatic N) is 7. The van der Waals surface area contributed by atoms with Crippen LogP contribution in [-0.2, 0) is 11.3 Å². The van der Waals surface area contributed by atoms with E-state index >= 15 is 0 Å². The summed E-state index contributed by atoms with van der Waals surface area (Å²) in [6.45, 7) is 5.17. The lowest BCUT2D eigenvalue weighted by Crippen LogP contribution is -2.30. The van der Waals surface area contributed by atoms with E-state index in [1.165, 1.54) is 31.0 Å². The number of piperidine rings is 1. The number of thioether (sulfide) groups is 2. The van der Waals surface area contributed by atoms with Crippen molar-refractivity contribution < 1.29 is 4.79 Å². The monoisotopic (exact) mass is 458 g/mol. The molecular formula is C20H26N8OS2. The van der Waals surface area contributed by atoms with E-state index in [1.54, 1.807) is 30.2 Å². The van der Waals surface area contributed by atoms with Crippen LogP contribution in [0.1, 0.15) is 26.2 Å². The highest BCUT2D eigenvalue weighted by Crippen LogP contribution is 2.29. The van der Waals surface area contributed by atoms with E-state index in [0.29, 0.717) is 18.2 Å². The average Bonchev–Trinajstić information content (AvgIpc) is 3.21. The zero-order chi connectivity index (χ0) is 21.5. The molecule has 0 aromatic carbocycles. The Kier molecular flexibility index (Phi) is 7.57. The molecule has 3 aromatic heterocycles. The van der Waals surface area contributed by atoms with Crippen LogP contribution in [0.25, 0.3) is 11.0 Å². The number of carbonyl (C=O) groups is 1. The van der Waals surface area contributed by atoms with Crippen LogP contribution in [-0.4, -0.2) is 66.8 Å². The van der Waals surface area contributed by atoms with Crippen LogP contribution in [0.2, 0.25) is 0 Å². The summed E-state index contributed by atoms with van der Waals surface area (Å²) >= 11 is 2.96. The summed E-state index contributed by atoms with van der Waals surface area (Å²) in [6.07, 6.45) is 8.84. The molecule has 0 unspecified atom stereocenters. The first kappa shape index (κ1) is 21.8. The summed E-state index contributed by atoms with van der Waals surface area (Å²) in [4.78, 5) is 32.3. The number of anilines is 1. The van der Waals surface area contributed by atoms with E-state index in [4.69, 9.17) is 9.97 Å². The number of fused-ring (bicyclic) bond motifs is 1. The maximum Gasteiger partial charge on any atom is 0.230 e. The third-order valence-corrected chi connectivity index (χ3v) is 6.51. The molecule has 1 fully saturated rings. The summed E-state index contributed by atoms with van der Waals surface area (Å²) in [5, 5.41) is 9.83. The summed E-state index contributed by atoms with van der Waals surface area (Å²) in [6, 6.07) is 1.75. The van der Waals surface area contributed by atoms with Crippen molar-refractivity contribution in [2.45, 2.75) is 43.0 Å². The highest BCUT2D eigenvalue weighted by atomic mass is 32.2. The van der Waals surface area contributed by atoms with Gasteiger partial charge in [0.05, 0.1) is 23.9 Å². The maximum absolute atomic E-state index is 12.2. The van der Waals surface area contributed by atoms with Crippen molar-refractivity contribution in [3.63, 3.8) is 0 Å². The summed E-state index contributed by atoms with van der Waals surface area (Å²) < 4.78 is 1.86. The summed E-state index contributed by atoms with van der Waals surface area (Å²) in [7, 11) is 0. The second-order valence-electron chi connectivity index (χ2n) is 7.09. The normalized spacial score (nSPS) is 14.2. The molecular weight excluding hydrogens is 432 g/mol. The number of nitrogens with one attached hydrogen (secondary N) is 1. The van der Waals surface area contributed by atoms with Gasteiger partial charge in [-0.15, -0.1) is 0 Å². The minimum Gasteiger partial charge on any atom is -0.356 e. The first-order valence-electron chi connectivity index (χ1n) is 10.5. The van der Waals surface area contributed by atoms with E-state index in [1.807, 2.05) is 10.9 Å². The van der Waals surface area contributed by atoms with Crippen LogP contribution in [0.3, 0.4) is 0 Å². The third-order valence-electron chi connectivity index (χ3n) is 4.90. The van der Waals surface area contributed by atoms with Crippen molar-refractivity contribution in [1.82, 2.24) is 35.0 Å². The fourth-order valence-electron chi connectivity index (χ4n) is 3.47. The molecule has 0 bridgehead atoms. The Bertz CT molecular complexity index is 1010. The third kappa shape index (κ3) is 5.65. The smallest absolute Gasteiger partial charge is 0.230 e. The Balaban J connectivity index is 1.41. The molecule has 1 saturated heterocycles. The molecule has 4 rings (SSSR count). The molecule has 4 heterocycles. The van der Waals surface area contributed by atoms with Crippen molar-refractivity contribution in [2.75, 3.05) is 36.0 Å². The van der Waals surface area contributed by atoms with Gasteiger partial charge in [-0.05, 0) is 31.1 Å². The van der Waals surface area contributed by atoms with Gasteiger partial charge in [-0.1, -0.05) is 30.4 Å². The van der Waals surface area contributed by atoms with Gasteiger partial charge in [-0.2, -0.15) is 5.10 Å². The number of hydrogen-bond acceptors (Lipinski definition) is 9. The predicted octanol–water partition coefficient (Wildman–Crippen LogP) is 2.63. The molecule has 9 nitrogen and oxygen atoms in total. The quantitative estimate of drug-likeness (QED) is 0.383. The molecule has 11 heteroatoms. The van der Waals surface area contributed by atoms with Crippen LogP contribution in [0.4, 0.5) is 5.82 Å². The zero-order valence-corrected chi connectivity index (χ0v) is 19.2. The minimum atomic E-state index is -0.0558. The largest absolute Gasteiger partial charge is 0.356 e. The molecule has 0 atom stereocenters. The molecule has 164 valence electrons. The van der Waals surface area contributed by atoms with Crippen molar-refractivity contribution in [3.05, 3.63) is 24.7 Å². The van der Waals surface area contributed by atoms with Crippen LogP contribution in [0.15, 0.2) is 35.0 Å². The molecule has 0 aliphatic carbocycles. The number of amides is 1. The van der Waals surface area contributed by atoms with Crippen LogP contribution in [0.5, 0.6) is 0 Å². The molecule has 1 N–H and O–H groups in total. The van der Waals surface area contributed by atoms with E-state index in [9.17, 15) is 4.79 Å². The van der Waals surface area contributed by atoms with Gasteiger partial charge >= 0.3 is 0 Å². The average molecular weight is 459 g/mol. The lowest BCUT2D eigenvalue weighted by Gasteiger charge is -2.28. The summed E-state index contributed by atoms with van der Waals surface area (Å²) in [5.74, 6) is 2.12. The maximum atomic E-state index is 12.2. The Hall–Kier alpha value is -2.40. The fourth-order valence-corrected chi connectivity index (χ4v) is 4.66. The van der Waals surface area contributed by atoms with Crippen molar-refractivity contribution in [1.29, 1.82) is 0 Å². The van der Waals surface area contributed by atoms with Gasteiger partial charge in [0.1, 0.15) is 5.82 Å². The topological polar surface area (TPSA) is 102 Å². The molecule has 0 radical (unpaired) electrons. The van der Waals surface area contributed by atoms with E-state index in [0.717, 1.165) is 40.9 Å². The highest BCUT2D eigenvalue weighted by molar-refractivity contribution is 7.99. The Labute approximate surface area is 189 Å². The molecule has 0 spiro atoms. The summed E-state index contributed by atoms with van der Waals surface area (Å²) in [5.41, 5.74) is 0.827. The van der Waals surface area contributed by atoms with Crippen molar-refractivity contribution in [3.8, 4) is 0 Å².